The van der Waals surface area contributed by atoms with Crippen molar-refractivity contribution in [1.82, 2.24) is 9.13 Å². The normalized spacial score (nSPS) is 11.3. The quantitative estimate of drug-likeness (QED) is 0.823. The number of hydrogen-bond acceptors (Lipinski definition) is 3. The van der Waals surface area contributed by atoms with Crippen LogP contribution in [-0.4, -0.2) is 14.2 Å². The van der Waals surface area contributed by atoms with Crippen LogP contribution in [0.15, 0.2) is 24.4 Å². The fourth-order valence-electron chi connectivity index (χ4n) is 1.79. The van der Waals surface area contributed by atoms with Gasteiger partial charge in [0, 0.05) is 7.05 Å². The van der Waals surface area contributed by atoms with E-state index in [1.165, 1.54) is 22.9 Å². The van der Waals surface area contributed by atoms with Crippen molar-refractivity contribution in [3.8, 4) is 17.6 Å². The van der Waals surface area contributed by atoms with Crippen LogP contribution in [0.4, 0.5) is 13.2 Å². The molecule has 0 aliphatic carbocycles. The number of hydrogen-bond donors (Lipinski definition) is 1. The second kappa shape index (κ2) is 4.68. The molecule has 1 aromatic carbocycles. The molecular formula is C12H8F3N3OS. The van der Waals surface area contributed by atoms with Crippen LogP contribution >= 0.6 is 12.2 Å². The van der Waals surface area contributed by atoms with Crippen LogP contribution in [0.5, 0.6) is 5.88 Å². The Kier molecular flexibility index (Phi) is 3.31. The first-order valence-corrected chi connectivity index (χ1v) is 5.75. The molecule has 0 unspecified atom stereocenters. The Morgan fingerprint density at radius 1 is 1.35 bits per heavy atom. The lowest BCUT2D eigenvalue weighted by molar-refractivity contribution is -0.137. The molecule has 0 aliphatic rings. The Bertz CT molecular complexity index is 768. The number of aryl methyl sites for hydroxylation is 1. The highest BCUT2D eigenvalue weighted by atomic mass is 32.1. The van der Waals surface area contributed by atoms with Gasteiger partial charge in [-0.25, -0.2) is 0 Å². The lowest BCUT2D eigenvalue weighted by Crippen LogP contribution is -2.09. The zero-order chi connectivity index (χ0) is 15.1. The average Bonchev–Trinajstić information content (AvgIpc) is 2.61. The molecule has 0 saturated heterocycles. The molecule has 8 heteroatoms. The lowest BCUT2D eigenvalue weighted by Gasteiger charge is -2.11. The summed E-state index contributed by atoms with van der Waals surface area (Å²) in [6, 6.07) is 4.62. The van der Waals surface area contributed by atoms with Crippen molar-refractivity contribution in [2.45, 2.75) is 6.18 Å². The molecule has 0 aliphatic heterocycles. The molecular weight excluding hydrogens is 291 g/mol. The van der Waals surface area contributed by atoms with Crippen molar-refractivity contribution in [2.24, 2.45) is 7.05 Å². The van der Waals surface area contributed by atoms with Crippen molar-refractivity contribution in [1.29, 1.82) is 5.26 Å². The molecule has 2 aromatic rings. The van der Waals surface area contributed by atoms with E-state index in [1.54, 1.807) is 7.05 Å². The van der Waals surface area contributed by atoms with Gasteiger partial charge in [0.25, 0.3) is 0 Å². The fraction of sp³-hybridized carbons (Fsp3) is 0.167. The van der Waals surface area contributed by atoms with E-state index in [-0.39, 0.29) is 16.3 Å². The molecule has 0 saturated carbocycles. The van der Waals surface area contributed by atoms with Gasteiger partial charge in [-0.3, -0.25) is 4.57 Å². The van der Waals surface area contributed by atoms with Gasteiger partial charge in [0.15, 0.2) is 4.77 Å². The lowest BCUT2D eigenvalue weighted by atomic mass is 10.1. The Hall–Kier alpha value is -2.27. The Morgan fingerprint density at radius 2 is 2.00 bits per heavy atom. The summed E-state index contributed by atoms with van der Waals surface area (Å²) in [5, 5.41) is 18.4. The van der Waals surface area contributed by atoms with Crippen molar-refractivity contribution in [3.05, 3.63) is 40.3 Å². The van der Waals surface area contributed by atoms with Crippen molar-refractivity contribution in [3.63, 3.8) is 0 Å². The summed E-state index contributed by atoms with van der Waals surface area (Å²) >= 11 is 5.01. The van der Waals surface area contributed by atoms with E-state index in [2.05, 4.69) is 0 Å². The second-order valence-electron chi connectivity index (χ2n) is 4.06. The monoisotopic (exact) mass is 299 g/mol. The van der Waals surface area contributed by atoms with Gasteiger partial charge >= 0.3 is 6.18 Å². The summed E-state index contributed by atoms with van der Waals surface area (Å²) in [5.74, 6) is -0.282. The van der Waals surface area contributed by atoms with E-state index in [9.17, 15) is 18.3 Å². The summed E-state index contributed by atoms with van der Waals surface area (Å²) in [4.78, 5) is 0. The van der Waals surface area contributed by atoms with Crippen LogP contribution < -0.4 is 0 Å². The highest BCUT2D eigenvalue weighted by molar-refractivity contribution is 7.71. The van der Waals surface area contributed by atoms with E-state index < -0.39 is 17.3 Å². The van der Waals surface area contributed by atoms with Gasteiger partial charge in [-0.2, -0.15) is 18.4 Å². The molecule has 0 spiro atoms. The minimum Gasteiger partial charge on any atom is -0.493 e. The largest absolute Gasteiger partial charge is 0.493 e. The van der Waals surface area contributed by atoms with Gasteiger partial charge in [0.1, 0.15) is 0 Å². The standard InChI is InChI=1S/C12H8F3N3OS/c1-17-6-10(19)18(11(17)20)8-3-2-7(5-16)9(4-8)12(13,14)15/h2-4,6,19H,1H3. The number of nitrogens with zero attached hydrogens (tertiary/aromatic N) is 3. The van der Waals surface area contributed by atoms with Crippen LogP contribution in [0, 0.1) is 16.1 Å². The number of benzene rings is 1. The minimum atomic E-state index is -4.66. The van der Waals surface area contributed by atoms with Gasteiger partial charge < -0.3 is 9.67 Å². The third-order valence-electron chi connectivity index (χ3n) is 2.72. The van der Waals surface area contributed by atoms with Gasteiger partial charge in [-0.15, -0.1) is 0 Å². The Morgan fingerprint density at radius 3 is 2.45 bits per heavy atom. The fourth-order valence-corrected chi connectivity index (χ4v) is 2.04. The van der Waals surface area contributed by atoms with Gasteiger partial charge in [-0.1, -0.05) is 0 Å². The molecule has 2 rings (SSSR count). The van der Waals surface area contributed by atoms with E-state index in [0.717, 1.165) is 16.7 Å². The van der Waals surface area contributed by atoms with Gasteiger partial charge in [-0.05, 0) is 30.4 Å². The average molecular weight is 299 g/mol. The summed E-state index contributed by atoms with van der Waals surface area (Å²) in [5.41, 5.74) is -1.51. The maximum Gasteiger partial charge on any atom is 0.417 e. The molecule has 0 bridgehead atoms. The topological polar surface area (TPSA) is 53.9 Å². The number of nitriles is 1. The molecule has 4 nitrogen and oxygen atoms in total. The second-order valence-corrected chi connectivity index (χ2v) is 4.42. The van der Waals surface area contributed by atoms with Crippen LogP contribution in [0.25, 0.3) is 5.69 Å². The molecule has 1 N–H and O–H groups in total. The molecule has 104 valence electrons. The third kappa shape index (κ3) is 2.28. The number of imidazole rings is 1. The summed E-state index contributed by atoms with van der Waals surface area (Å²) < 4.78 is 41.3. The first-order chi connectivity index (χ1) is 9.25. The minimum absolute atomic E-state index is 0.0411. The molecule has 20 heavy (non-hydrogen) atoms. The van der Waals surface area contributed by atoms with Crippen molar-refractivity contribution < 1.29 is 18.3 Å². The SMILES string of the molecule is Cn1cc(O)n(-c2ccc(C#N)c(C(F)(F)F)c2)c1=S. The van der Waals surface area contributed by atoms with Gasteiger partial charge in [0.2, 0.25) is 5.88 Å². The Labute approximate surface area is 116 Å². The smallest absolute Gasteiger partial charge is 0.417 e. The van der Waals surface area contributed by atoms with Crippen LogP contribution in [-0.2, 0) is 13.2 Å². The van der Waals surface area contributed by atoms with E-state index >= 15 is 0 Å². The molecule has 0 amide bonds. The third-order valence-corrected chi connectivity index (χ3v) is 3.19. The molecule has 1 aromatic heterocycles. The summed E-state index contributed by atoms with van der Waals surface area (Å²) in [6.45, 7) is 0. The van der Waals surface area contributed by atoms with Crippen LogP contribution in [0.2, 0.25) is 0 Å². The maximum atomic E-state index is 12.9. The molecule has 0 radical (unpaired) electrons. The van der Waals surface area contributed by atoms with Crippen molar-refractivity contribution >= 4 is 12.2 Å². The number of halogens is 3. The van der Waals surface area contributed by atoms with Crippen LogP contribution in [0.1, 0.15) is 11.1 Å². The number of aromatic hydroxyl groups is 1. The maximum absolute atomic E-state index is 12.9. The Balaban J connectivity index is 2.73. The number of rotatable bonds is 1. The summed E-state index contributed by atoms with van der Waals surface area (Å²) in [6.07, 6.45) is -3.37. The van der Waals surface area contributed by atoms with E-state index in [4.69, 9.17) is 17.5 Å². The first kappa shape index (κ1) is 14.1. The molecule has 0 fully saturated rings. The summed E-state index contributed by atoms with van der Waals surface area (Å²) in [7, 11) is 1.56. The van der Waals surface area contributed by atoms with Crippen LogP contribution in [0.3, 0.4) is 0 Å². The number of alkyl halides is 3. The van der Waals surface area contributed by atoms with E-state index in [0.29, 0.717) is 0 Å². The zero-order valence-corrected chi connectivity index (χ0v) is 11.0. The predicted octanol–water partition coefficient (Wildman–Crippen LogP) is 3.14. The highest BCUT2D eigenvalue weighted by Crippen LogP contribution is 2.34. The zero-order valence-electron chi connectivity index (χ0n) is 10.1. The van der Waals surface area contributed by atoms with Crippen molar-refractivity contribution in [2.75, 3.05) is 0 Å². The highest BCUT2D eigenvalue weighted by Gasteiger charge is 2.34. The predicted molar refractivity (Wildman–Crippen MR) is 67.0 cm³/mol. The molecule has 1 heterocycles. The first-order valence-electron chi connectivity index (χ1n) is 5.34. The molecule has 0 atom stereocenters. The van der Waals surface area contributed by atoms with Gasteiger partial charge in [0.05, 0.1) is 29.1 Å². The van der Waals surface area contributed by atoms with E-state index in [1.807, 2.05) is 0 Å². The number of aromatic nitrogens is 2.